The van der Waals surface area contributed by atoms with Gasteiger partial charge in [-0.15, -0.1) is 0 Å². The predicted octanol–water partition coefficient (Wildman–Crippen LogP) is 2.04. The van der Waals surface area contributed by atoms with Crippen molar-refractivity contribution in [3.8, 4) is 17.6 Å². The van der Waals surface area contributed by atoms with Crippen molar-refractivity contribution in [1.82, 2.24) is 4.90 Å². The highest BCUT2D eigenvalue weighted by atomic mass is 32.2. The van der Waals surface area contributed by atoms with Crippen LogP contribution in [0.1, 0.15) is 18.9 Å². The van der Waals surface area contributed by atoms with Gasteiger partial charge in [0.05, 0.1) is 24.7 Å². The number of hydrogen-bond acceptors (Lipinski definition) is 7. The smallest absolute Gasteiger partial charge is 0.271 e. The lowest BCUT2D eigenvalue weighted by atomic mass is 9.92. The summed E-state index contributed by atoms with van der Waals surface area (Å²) in [5.41, 5.74) is 0.826. The van der Waals surface area contributed by atoms with Crippen LogP contribution in [0.5, 0.6) is 11.5 Å². The molecule has 1 atom stereocenters. The second-order valence-electron chi connectivity index (χ2n) is 7.22. The summed E-state index contributed by atoms with van der Waals surface area (Å²) in [6.07, 6.45) is 3.31. The molecule has 8 nitrogen and oxygen atoms in total. The molecule has 0 saturated carbocycles. The van der Waals surface area contributed by atoms with Crippen molar-refractivity contribution < 1.29 is 27.5 Å². The summed E-state index contributed by atoms with van der Waals surface area (Å²) in [6.45, 7) is 5.42. The zero-order valence-corrected chi connectivity index (χ0v) is 18.1. The maximum atomic E-state index is 13.2. The van der Waals surface area contributed by atoms with E-state index in [1.165, 1.54) is 14.0 Å². The third-order valence-corrected chi connectivity index (χ3v) is 6.95. The van der Waals surface area contributed by atoms with E-state index in [-0.39, 0.29) is 34.6 Å². The SMILES string of the molecule is C=CCOc1ccc(C=C2C(=O)N(C3CCS(=O)(=O)C3)C(=O)C(C#N)=C2C)cc1OC. The van der Waals surface area contributed by atoms with Crippen molar-refractivity contribution in [2.24, 2.45) is 0 Å². The van der Waals surface area contributed by atoms with E-state index in [9.17, 15) is 23.3 Å². The molecule has 0 spiro atoms. The predicted molar refractivity (Wildman–Crippen MR) is 114 cm³/mol. The molecular weight excluding hydrogens is 420 g/mol. The van der Waals surface area contributed by atoms with Crippen LogP contribution in [0.15, 0.2) is 47.6 Å². The van der Waals surface area contributed by atoms with E-state index < -0.39 is 27.7 Å². The number of hydrogen-bond donors (Lipinski definition) is 0. The number of carbonyl (C=O) groups excluding carboxylic acids is 2. The lowest BCUT2D eigenvalue weighted by Gasteiger charge is -2.31. The van der Waals surface area contributed by atoms with Crippen LogP contribution in [0.2, 0.25) is 0 Å². The highest BCUT2D eigenvalue weighted by Crippen LogP contribution is 2.33. The number of imide groups is 1. The minimum absolute atomic E-state index is 0.0955. The fourth-order valence-corrected chi connectivity index (χ4v) is 5.32. The molecule has 0 N–H and O–H groups in total. The quantitative estimate of drug-likeness (QED) is 0.376. The van der Waals surface area contributed by atoms with Crippen LogP contribution in [0.3, 0.4) is 0 Å². The van der Waals surface area contributed by atoms with E-state index in [4.69, 9.17) is 9.47 Å². The molecule has 0 radical (unpaired) electrons. The molecule has 0 aliphatic carbocycles. The van der Waals surface area contributed by atoms with Crippen LogP contribution >= 0.6 is 0 Å². The summed E-state index contributed by atoms with van der Waals surface area (Å²) < 4.78 is 34.6. The van der Waals surface area contributed by atoms with Crippen LogP contribution < -0.4 is 9.47 Å². The van der Waals surface area contributed by atoms with Gasteiger partial charge in [0, 0.05) is 5.57 Å². The molecular formula is C22H22N2O6S. The highest BCUT2D eigenvalue weighted by Gasteiger charge is 2.43. The molecule has 2 aliphatic rings. The van der Waals surface area contributed by atoms with Crippen LogP contribution in [-0.4, -0.2) is 56.4 Å². The van der Waals surface area contributed by atoms with Gasteiger partial charge < -0.3 is 9.47 Å². The average molecular weight is 442 g/mol. The van der Waals surface area contributed by atoms with Gasteiger partial charge in [-0.2, -0.15) is 5.26 Å². The maximum Gasteiger partial charge on any atom is 0.271 e. The molecule has 9 heteroatoms. The van der Waals surface area contributed by atoms with Gasteiger partial charge in [0.1, 0.15) is 18.2 Å². The Bertz CT molecular complexity index is 1160. The lowest BCUT2D eigenvalue weighted by molar-refractivity contribution is -0.142. The molecule has 1 aromatic rings. The van der Waals surface area contributed by atoms with E-state index in [0.717, 1.165) is 4.90 Å². The minimum atomic E-state index is -3.33. The van der Waals surface area contributed by atoms with Gasteiger partial charge in [0.25, 0.3) is 11.8 Å². The van der Waals surface area contributed by atoms with Crippen LogP contribution in [-0.2, 0) is 19.4 Å². The standard InChI is InChI=1S/C22H22N2O6S/c1-4-8-30-19-6-5-15(11-20(19)29-3)10-17-14(2)18(12-23)22(26)24(21(17)25)16-7-9-31(27,28)13-16/h4-6,10-11,16H,1,7-9,13H2,2-3H3. The molecule has 31 heavy (non-hydrogen) atoms. The van der Waals surface area contributed by atoms with Gasteiger partial charge >= 0.3 is 0 Å². The second-order valence-corrected chi connectivity index (χ2v) is 9.45. The number of nitrogens with zero attached hydrogens (tertiary/aromatic N) is 2. The molecule has 1 fully saturated rings. The monoisotopic (exact) mass is 442 g/mol. The van der Waals surface area contributed by atoms with Crippen molar-refractivity contribution in [3.63, 3.8) is 0 Å². The molecule has 1 unspecified atom stereocenters. The van der Waals surface area contributed by atoms with Gasteiger partial charge in [0.2, 0.25) is 0 Å². The van der Waals surface area contributed by atoms with E-state index in [0.29, 0.717) is 23.7 Å². The molecule has 1 saturated heterocycles. The maximum absolute atomic E-state index is 13.2. The summed E-state index contributed by atoms with van der Waals surface area (Å²) in [6, 6.07) is 6.13. The highest BCUT2D eigenvalue weighted by molar-refractivity contribution is 7.91. The first-order valence-corrected chi connectivity index (χ1v) is 11.4. The van der Waals surface area contributed by atoms with Crippen molar-refractivity contribution >= 4 is 27.7 Å². The van der Waals surface area contributed by atoms with Gasteiger partial charge in [-0.3, -0.25) is 14.5 Å². The summed E-state index contributed by atoms with van der Waals surface area (Å²) in [5, 5.41) is 9.51. The third kappa shape index (κ3) is 4.39. The van der Waals surface area contributed by atoms with Crippen LogP contribution in [0.25, 0.3) is 6.08 Å². The number of benzene rings is 1. The summed E-state index contributed by atoms with van der Waals surface area (Å²) in [5.74, 6) is -0.820. The number of methoxy groups -OCH3 is 1. The van der Waals surface area contributed by atoms with Crippen molar-refractivity contribution in [2.75, 3.05) is 25.2 Å². The largest absolute Gasteiger partial charge is 0.493 e. The topological polar surface area (TPSA) is 114 Å². The van der Waals surface area contributed by atoms with Crippen LogP contribution in [0.4, 0.5) is 0 Å². The fourth-order valence-electron chi connectivity index (χ4n) is 3.62. The van der Waals surface area contributed by atoms with E-state index in [2.05, 4.69) is 6.58 Å². The Morgan fingerprint density at radius 3 is 2.61 bits per heavy atom. The summed E-state index contributed by atoms with van der Waals surface area (Å²) in [7, 11) is -1.84. The Morgan fingerprint density at radius 2 is 2.03 bits per heavy atom. The van der Waals surface area contributed by atoms with Crippen molar-refractivity contribution in [2.45, 2.75) is 19.4 Å². The Hall–Kier alpha value is -3.38. The molecule has 1 aromatic carbocycles. The first kappa shape index (κ1) is 22.3. The summed E-state index contributed by atoms with van der Waals surface area (Å²) in [4.78, 5) is 26.9. The normalized spacial score (nSPS) is 21.9. The number of ether oxygens (including phenoxy) is 2. The zero-order chi connectivity index (χ0) is 22.8. The second kappa shape index (κ2) is 8.78. The summed E-state index contributed by atoms with van der Waals surface area (Å²) >= 11 is 0. The third-order valence-electron chi connectivity index (χ3n) is 5.20. The lowest BCUT2D eigenvalue weighted by Crippen LogP contribution is -2.49. The van der Waals surface area contributed by atoms with E-state index >= 15 is 0 Å². The molecule has 3 rings (SSSR count). The Labute approximate surface area is 181 Å². The van der Waals surface area contributed by atoms with Gasteiger partial charge in [-0.05, 0) is 42.7 Å². The Balaban J connectivity index is 2.04. The van der Waals surface area contributed by atoms with Gasteiger partial charge in [0.15, 0.2) is 21.3 Å². The number of rotatable bonds is 6. The number of nitriles is 1. The van der Waals surface area contributed by atoms with Crippen LogP contribution in [0, 0.1) is 11.3 Å². The number of amides is 2. The minimum Gasteiger partial charge on any atom is -0.493 e. The van der Waals surface area contributed by atoms with E-state index in [1.54, 1.807) is 30.4 Å². The molecule has 0 aromatic heterocycles. The Kier molecular flexibility index (Phi) is 6.32. The van der Waals surface area contributed by atoms with E-state index in [1.807, 2.05) is 6.07 Å². The molecule has 162 valence electrons. The number of carbonyl (C=O) groups is 2. The zero-order valence-electron chi connectivity index (χ0n) is 17.3. The van der Waals surface area contributed by atoms with Crippen molar-refractivity contribution in [1.29, 1.82) is 5.26 Å². The molecule has 0 bridgehead atoms. The molecule has 2 heterocycles. The first-order valence-electron chi connectivity index (χ1n) is 9.55. The fraction of sp³-hybridized carbons (Fsp3) is 0.318. The number of sulfone groups is 1. The van der Waals surface area contributed by atoms with Gasteiger partial charge in [-0.25, -0.2) is 8.42 Å². The molecule has 2 aliphatic heterocycles. The van der Waals surface area contributed by atoms with Crippen molar-refractivity contribution in [3.05, 3.63) is 53.1 Å². The average Bonchev–Trinajstić information content (AvgIpc) is 3.09. The first-order chi connectivity index (χ1) is 14.7. The van der Waals surface area contributed by atoms with Gasteiger partial charge in [-0.1, -0.05) is 18.7 Å². The Morgan fingerprint density at radius 1 is 1.29 bits per heavy atom. The molecule has 2 amide bonds.